The lowest BCUT2D eigenvalue weighted by atomic mass is 10.2. The molecule has 2 N–H and O–H groups in total. The fourth-order valence-electron chi connectivity index (χ4n) is 1.30. The third kappa shape index (κ3) is 3.41. The van der Waals surface area contributed by atoms with Crippen molar-refractivity contribution in [2.45, 2.75) is 17.1 Å². The topological polar surface area (TPSA) is 56.7 Å². The quantitative estimate of drug-likeness (QED) is 0.681. The third-order valence-electron chi connectivity index (χ3n) is 2.20. The molecule has 0 amide bonds. The fraction of sp³-hybridized carbons (Fsp3) is 0.200. The van der Waals surface area contributed by atoms with Crippen molar-refractivity contribution >= 4 is 27.7 Å². The van der Waals surface area contributed by atoms with E-state index in [9.17, 15) is 13.2 Å². The Kier molecular flexibility index (Phi) is 4.04. The standard InChI is InChI=1S/C10H8BrF3N4S/c11-7-3-1-6(2-4-7)5-19-9-17-16-8(18(9)15)10(12,13)14/h1-4H,5,15H2. The van der Waals surface area contributed by atoms with Crippen LogP contribution < -0.4 is 5.84 Å². The fourth-order valence-corrected chi connectivity index (χ4v) is 2.37. The van der Waals surface area contributed by atoms with Gasteiger partial charge < -0.3 is 5.84 Å². The maximum atomic E-state index is 12.5. The summed E-state index contributed by atoms with van der Waals surface area (Å²) in [6.45, 7) is 0. The molecule has 19 heavy (non-hydrogen) atoms. The van der Waals surface area contributed by atoms with Gasteiger partial charge in [0.05, 0.1) is 0 Å². The first kappa shape index (κ1) is 14.2. The second-order valence-electron chi connectivity index (χ2n) is 3.59. The van der Waals surface area contributed by atoms with Crippen LogP contribution in [0.25, 0.3) is 0 Å². The highest BCUT2D eigenvalue weighted by Gasteiger charge is 2.38. The molecule has 0 unspecified atom stereocenters. The van der Waals surface area contributed by atoms with Crippen molar-refractivity contribution in [1.29, 1.82) is 0 Å². The second kappa shape index (κ2) is 5.41. The van der Waals surface area contributed by atoms with E-state index in [2.05, 4.69) is 26.1 Å². The first-order valence-electron chi connectivity index (χ1n) is 5.03. The molecule has 0 spiro atoms. The van der Waals surface area contributed by atoms with Crippen LogP contribution in [0.3, 0.4) is 0 Å². The number of hydrogen-bond donors (Lipinski definition) is 1. The first-order chi connectivity index (χ1) is 8.88. The summed E-state index contributed by atoms with van der Waals surface area (Å²) in [6, 6.07) is 7.42. The molecule has 0 aliphatic rings. The summed E-state index contributed by atoms with van der Waals surface area (Å²) in [7, 11) is 0. The number of aromatic nitrogens is 3. The molecule has 9 heteroatoms. The molecule has 4 nitrogen and oxygen atoms in total. The van der Waals surface area contributed by atoms with Gasteiger partial charge in [0.15, 0.2) is 0 Å². The Balaban J connectivity index is 2.08. The minimum atomic E-state index is -4.60. The molecule has 102 valence electrons. The van der Waals surface area contributed by atoms with Gasteiger partial charge in [-0.15, -0.1) is 10.2 Å². The molecule has 0 atom stereocenters. The number of alkyl halides is 3. The van der Waals surface area contributed by atoms with Crippen molar-refractivity contribution in [3.05, 3.63) is 40.1 Å². The SMILES string of the molecule is Nn1c(SCc2ccc(Br)cc2)nnc1C(F)(F)F. The zero-order valence-electron chi connectivity index (χ0n) is 9.36. The summed E-state index contributed by atoms with van der Waals surface area (Å²) in [6.07, 6.45) is -4.60. The van der Waals surface area contributed by atoms with Gasteiger partial charge in [0.2, 0.25) is 5.16 Å². The van der Waals surface area contributed by atoms with Crippen LogP contribution in [0.4, 0.5) is 13.2 Å². The van der Waals surface area contributed by atoms with E-state index < -0.39 is 12.0 Å². The Morgan fingerprint density at radius 2 is 1.84 bits per heavy atom. The maximum Gasteiger partial charge on any atom is 0.453 e. The molecule has 0 bridgehead atoms. The number of halogens is 4. The highest BCUT2D eigenvalue weighted by atomic mass is 79.9. The minimum absolute atomic E-state index is 0.0234. The third-order valence-corrected chi connectivity index (χ3v) is 3.74. The summed E-state index contributed by atoms with van der Waals surface area (Å²) in [5.41, 5.74) is 0.949. The van der Waals surface area contributed by atoms with Gasteiger partial charge in [-0.2, -0.15) is 13.2 Å². The second-order valence-corrected chi connectivity index (χ2v) is 5.45. The molecule has 0 aliphatic carbocycles. The molecular formula is C10H8BrF3N4S. The van der Waals surface area contributed by atoms with Gasteiger partial charge in [-0.3, -0.25) is 0 Å². The van der Waals surface area contributed by atoms with Crippen LogP contribution in [-0.4, -0.2) is 14.9 Å². The number of nitrogen functional groups attached to an aromatic ring is 1. The Morgan fingerprint density at radius 3 is 2.37 bits per heavy atom. The predicted octanol–water partition coefficient (Wildman–Crippen LogP) is 3.07. The monoisotopic (exact) mass is 352 g/mol. The number of thioether (sulfide) groups is 1. The van der Waals surface area contributed by atoms with E-state index >= 15 is 0 Å². The van der Waals surface area contributed by atoms with Gasteiger partial charge in [-0.1, -0.05) is 39.8 Å². The average molecular weight is 353 g/mol. The maximum absolute atomic E-state index is 12.5. The van der Waals surface area contributed by atoms with Crippen molar-refractivity contribution in [3.8, 4) is 0 Å². The highest BCUT2D eigenvalue weighted by Crippen LogP contribution is 2.29. The molecule has 1 aromatic heterocycles. The summed E-state index contributed by atoms with van der Waals surface area (Å²) in [4.78, 5) is 0. The highest BCUT2D eigenvalue weighted by molar-refractivity contribution is 9.10. The minimum Gasteiger partial charge on any atom is -0.335 e. The van der Waals surface area contributed by atoms with E-state index in [1.807, 2.05) is 24.3 Å². The zero-order valence-corrected chi connectivity index (χ0v) is 11.8. The van der Waals surface area contributed by atoms with Gasteiger partial charge in [0.1, 0.15) is 0 Å². The molecule has 0 saturated carbocycles. The molecular weight excluding hydrogens is 345 g/mol. The molecule has 1 heterocycles. The zero-order chi connectivity index (χ0) is 14.0. The van der Waals surface area contributed by atoms with Gasteiger partial charge in [-0.05, 0) is 17.7 Å². The number of benzene rings is 1. The molecule has 0 aliphatic heterocycles. The Hall–Kier alpha value is -1.22. The predicted molar refractivity (Wildman–Crippen MR) is 68.9 cm³/mol. The number of rotatable bonds is 3. The van der Waals surface area contributed by atoms with Crippen molar-refractivity contribution in [2.24, 2.45) is 0 Å². The van der Waals surface area contributed by atoms with E-state index in [0.29, 0.717) is 10.4 Å². The Morgan fingerprint density at radius 1 is 1.21 bits per heavy atom. The van der Waals surface area contributed by atoms with Crippen LogP contribution in [-0.2, 0) is 11.9 Å². The normalized spacial score (nSPS) is 11.8. The molecule has 0 radical (unpaired) electrons. The van der Waals surface area contributed by atoms with E-state index in [-0.39, 0.29) is 5.16 Å². The Bertz CT molecular complexity index is 567. The van der Waals surface area contributed by atoms with Crippen LogP contribution in [0.5, 0.6) is 0 Å². The number of hydrogen-bond acceptors (Lipinski definition) is 4. The van der Waals surface area contributed by atoms with E-state index in [1.165, 1.54) is 0 Å². The van der Waals surface area contributed by atoms with Crippen molar-refractivity contribution < 1.29 is 13.2 Å². The Labute approximate surface area is 119 Å². The summed E-state index contributed by atoms with van der Waals surface area (Å²) in [5, 5.41) is 6.51. The van der Waals surface area contributed by atoms with E-state index in [1.54, 1.807) is 0 Å². The number of nitrogens with zero attached hydrogens (tertiary/aromatic N) is 3. The van der Waals surface area contributed by atoms with Gasteiger partial charge in [0, 0.05) is 10.2 Å². The molecule has 0 saturated heterocycles. The van der Waals surface area contributed by atoms with Crippen molar-refractivity contribution in [2.75, 3.05) is 5.84 Å². The first-order valence-corrected chi connectivity index (χ1v) is 6.80. The van der Waals surface area contributed by atoms with Crippen LogP contribution in [0.15, 0.2) is 33.9 Å². The lowest BCUT2D eigenvalue weighted by molar-refractivity contribution is -0.146. The lowest BCUT2D eigenvalue weighted by Gasteiger charge is -2.06. The molecule has 0 fully saturated rings. The van der Waals surface area contributed by atoms with Gasteiger partial charge in [-0.25, -0.2) is 4.68 Å². The van der Waals surface area contributed by atoms with Gasteiger partial charge >= 0.3 is 6.18 Å². The van der Waals surface area contributed by atoms with Crippen LogP contribution in [0.2, 0.25) is 0 Å². The summed E-state index contributed by atoms with van der Waals surface area (Å²) >= 11 is 4.39. The van der Waals surface area contributed by atoms with Crippen molar-refractivity contribution in [1.82, 2.24) is 14.9 Å². The molecule has 2 rings (SSSR count). The van der Waals surface area contributed by atoms with Gasteiger partial charge in [0.25, 0.3) is 5.82 Å². The summed E-state index contributed by atoms with van der Waals surface area (Å²) in [5.74, 6) is 4.58. The largest absolute Gasteiger partial charge is 0.453 e. The number of nitrogens with two attached hydrogens (primary N) is 1. The van der Waals surface area contributed by atoms with E-state index in [4.69, 9.17) is 5.84 Å². The van der Waals surface area contributed by atoms with Crippen molar-refractivity contribution in [3.63, 3.8) is 0 Å². The molecule has 2 aromatic rings. The van der Waals surface area contributed by atoms with Crippen LogP contribution >= 0.6 is 27.7 Å². The van der Waals surface area contributed by atoms with Crippen LogP contribution in [0, 0.1) is 0 Å². The summed E-state index contributed by atoms with van der Waals surface area (Å²) < 4.78 is 38.8. The van der Waals surface area contributed by atoms with Crippen LogP contribution in [0.1, 0.15) is 11.4 Å². The smallest absolute Gasteiger partial charge is 0.335 e. The molecule has 1 aromatic carbocycles. The van der Waals surface area contributed by atoms with E-state index in [0.717, 1.165) is 21.8 Å². The lowest BCUT2D eigenvalue weighted by Crippen LogP contribution is -2.21. The average Bonchev–Trinajstić information content (AvgIpc) is 2.70.